The quantitative estimate of drug-likeness (QED) is 0.345. The van der Waals surface area contributed by atoms with Gasteiger partial charge in [-0.2, -0.15) is 4.99 Å². The lowest BCUT2D eigenvalue weighted by atomic mass is 9.98. The van der Waals surface area contributed by atoms with Gasteiger partial charge >= 0.3 is 5.97 Å². The molecule has 6 N–H and O–H groups in total. The standard InChI is InChI=1S/C22H26N6O5/c1-11(2)16(29)8-7-15(21(32)33)26-19(30)12-3-5-14(6-4-12)24-9-13-10-25-18-17(13)20(31)28-22(23)27-18/h3-6,10-11,15,17,24H,7-9H2,1-2H3,(H,26,30)(H,32,33)(H3,23,25,27,28,31)/t15-,17?/m0/s1. The molecule has 2 atom stereocenters. The molecule has 0 aromatic heterocycles. The average molecular weight is 454 g/mol. The number of carboxylic acids is 1. The number of anilines is 1. The molecule has 33 heavy (non-hydrogen) atoms. The molecule has 2 aliphatic rings. The van der Waals surface area contributed by atoms with E-state index in [2.05, 4.69) is 25.9 Å². The number of nitrogens with one attached hydrogen (secondary N) is 3. The lowest BCUT2D eigenvalue weighted by molar-refractivity contribution is -0.139. The maximum atomic E-state index is 12.5. The van der Waals surface area contributed by atoms with Crippen LogP contribution in [0.1, 0.15) is 37.0 Å². The number of guanidine groups is 1. The third kappa shape index (κ3) is 5.82. The molecule has 2 aliphatic heterocycles. The van der Waals surface area contributed by atoms with Gasteiger partial charge in [0.2, 0.25) is 11.9 Å². The number of hydrogen-bond acceptors (Lipinski definition) is 8. The number of aliphatic imine (C=N–C) groups is 2. The Morgan fingerprint density at radius 1 is 1.21 bits per heavy atom. The average Bonchev–Trinajstić information content (AvgIpc) is 3.17. The summed E-state index contributed by atoms with van der Waals surface area (Å²) < 4.78 is 0. The molecular formula is C22H26N6O5. The first-order chi connectivity index (χ1) is 15.7. The highest BCUT2D eigenvalue weighted by molar-refractivity contribution is 6.19. The van der Waals surface area contributed by atoms with Gasteiger partial charge in [0.15, 0.2) is 0 Å². The number of ketones is 1. The van der Waals surface area contributed by atoms with Crippen LogP contribution >= 0.6 is 0 Å². The number of Topliss-reactive ketones (excluding diaryl/α,β-unsaturated/α-hetero) is 1. The van der Waals surface area contributed by atoms with Crippen LogP contribution in [0.25, 0.3) is 0 Å². The second kappa shape index (κ2) is 10.1. The van der Waals surface area contributed by atoms with Gasteiger partial charge in [-0.15, -0.1) is 0 Å². The van der Waals surface area contributed by atoms with Gasteiger partial charge in [0, 0.05) is 36.3 Å². The Morgan fingerprint density at radius 3 is 2.55 bits per heavy atom. The lowest BCUT2D eigenvalue weighted by Gasteiger charge is -2.20. The molecule has 0 fully saturated rings. The fraction of sp³-hybridized carbons (Fsp3) is 0.364. The van der Waals surface area contributed by atoms with E-state index in [1.165, 1.54) is 0 Å². The Hall–Kier alpha value is -4.02. The molecular weight excluding hydrogens is 428 g/mol. The molecule has 0 spiro atoms. The summed E-state index contributed by atoms with van der Waals surface area (Å²) in [6.07, 6.45) is 1.68. The Bertz CT molecular complexity index is 1060. The molecule has 0 saturated carbocycles. The van der Waals surface area contributed by atoms with Gasteiger partial charge in [-0.25, -0.2) is 9.79 Å². The van der Waals surface area contributed by atoms with E-state index in [-0.39, 0.29) is 42.0 Å². The van der Waals surface area contributed by atoms with Crippen LogP contribution in [0, 0.1) is 11.8 Å². The van der Waals surface area contributed by atoms with Crippen molar-refractivity contribution in [3.63, 3.8) is 0 Å². The van der Waals surface area contributed by atoms with Gasteiger partial charge in [0.05, 0.1) is 0 Å². The van der Waals surface area contributed by atoms with Gasteiger partial charge < -0.3 is 21.5 Å². The number of amidine groups is 1. The Kier molecular flexibility index (Phi) is 7.21. The predicted octanol–water partition coefficient (Wildman–Crippen LogP) is 0.644. The van der Waals surface area contributed by atoms with Crippen molar-refractivity contribution in [2.45, 2.75) is 32.7 Å². The number of carboxylic acid groups (broad SMARTS) is 1. The summed E-state index contributed by atoms with van der Waals surface area (Å²) in [7, 11) is 0. The monoisotopic (exact) mass is 454 g/mol. The highest BCUT2D eigenvalue weighted by atomic mass is 16.4. The van der Waals surface area contributed by atoms with Crippen LogP contribution in [-0.4, -0.2) is 53.1 Å². The van der Waals surface area contributed by atoms with Gasteiger partial charge in [0.1, 0.15) is 23.6 Å². The largest absolute Gasteiger partial charge is 0.480 e. The van der Waals surface area contributed by atoms with E-state index < -0.39 is 23.8 Å². The highest BCUT2D eigenvalue weighted by Crippen LogP contribution is 2.24. The van der Waals surface area contributed by atoms with Gasteiger partial charge in [-0.05, 0) is 36.3 Å². The molecule has 2 heterocycles. The second-order valence-corrected chi connectivity index (χ2v) is 8.07. The summed E-state index contributed by atoms with van der Waals surface area (Å²) in [5.74, 6) is -2.49. The van der Waals surface area contributed by atoms with Crippen molar-refractivity contribution in [2.24, 2.45) is 27.6 Å². The summed E-state index contributed by atoms with van der Waals surface area (Å²) >= 11 is 0. The summed E-state index contributed by atoms with van der Waals surface area (Å²) in [6.45, 7) is 3.82. The zero-order chi connectivity index (χ0) is 24.1. The van der Waals surface area contributed by atoms with Crippen molar-refractivity contribution in [3.05, 3.63) is 41.6 Å². The topological polar surface area (TPSA) is 175 Å². The minimum Gasteiger partial charge on any atom is -0.480 e. The van der Waals surface area contributed by atoms with Crippen molar-refractivity contribution < 1.29 is 24.3 Å². The third-order valence-corrected chi connectivity index (χ3v) is 5.31. The number of nitrogens with zero attached hydrogens (tertiary/aromatic N) is 2. The van der Waals surface area contributed by atoms with E-state index in [1.54, 1.807) is 44.3 Å². The summed E-state index contributed by atoms with van der Waals surface area (Å²) in [5.41, 5.74) is 7.23. The zero-order valence-corrected chi connectivity index (χ0v) is 18.3. The van der Waals surface area contributed by atoms with Crippen LogP contribution < -0.4 is 21.7 Å². The van der Waals surface area contributed by atoms with E-state index in [0.29, 0.717) is 18.1 Å². The molecule has 0 bridgehead atoms. The molecule has 1 unspecified atom stereocenters. The smallest absolute Gasteiger partial charge is 0.326 e. The van der Waals surface area contributed by atoms with Crippen LogP contribution in [0.4, 0.5) is 5.69 Å². The molecule has 11 heteroatoms. The van der Waals surface area contributed by atoms with E-state index >= 15 is 0 Å². The third-order valence-electron chi connectivity index (χ3n) is 5.31. The number of aliphatic carboxylic acids is 1. The van der Waals surface area contributed by atoms with Crippen LogP contribution in [0.3, 0.4) is 0 Å². The summed E-state index contributed by atoms with van der Waals surface area (Å²) in [6, 6.07) is 5.29. The van der Waals surface area contributed by atoms with Crippen LogP contribution in [0.2, 0.25) is 0 Å². The number of benzene rings is 1. The van der Waals surface area contributed by atoms with Crippen molar-refractivity contribution >= 4 is 41.0 Å². The molecule has 0 saturated heterocycles. The molecule has 174 valence electrons. The number of carbonyl (C=O) groups excluding carboxylic acids is 3. The fourth-order valence-electron chi connectivity index (χ4n) is 3.36. The highest BCUT2D eigenvalue weighted by Gasteiger charge is 2.35. The fourth-order valence-corrected chi connectivity index (χ4v) is 3.36. The van der Waals surface area contributed by atoms with Crippen LogP contribution in [0.15, 0.2) is 46.0 Å². The van der Waals surface area contributed by atoms with E-state index in [0.717, 1.165) is 5.57 Å². The van der Waals surface area contributed by atoms with E-state index in [1.807, 2.05) is 0 Å². The van der Waals surface area contributed by atoms with E-state index in [9.17, 15) is 24.3 Å². The first kappa shape index (κ1) is 23.6. The number of rotatable bonds is 10. The minimum absolute atomic E-state index is 0.0168. The Balaban J connectivity index is 1.54. The molecule has 0 radical (unpaired) electrons. The van der Waals surface area contributed by atoms with Gasteiger partial charge in [0.25, 0.3) is 5.91 Å². The molecule has 11 nitrogen and oxygen atoms in total. The normalized spacial score (nSPS) is 17.8. The van der Waals surface area contributed by atoms with E-state index in [4.69, 9.17) is 5.73 Å². The van der Waals surface area contributed by atoms with Crippen molar-refractivity contribution in [3.8, 4) is 0 Å². The zero-order valence-electron chi connectivity index (χ0n) is 18.3. The Labute approximate surface area is 190 Å². The van der Waals surface area contributed by atoms with Crippen molar-refractivity contribution in [1.29, 1.82) is 0 Å². The second-order valence-electron chi connectivity index (χ2n) is 8.07. The van der Waals surface area contributed by atoms with Gasteiger partial charge in [-0.1, -0.05) is 13.8 Å². The lowest BCUT2D eigenvalue weighted by Crippen LogP contribution is -2.47. The molecule has 2 amide bonds. The van der Waals surface area contributed by atoms with Crippen LogP contribution in [0.5, 0.6) is 0 Å². The molecule has 3 rings (SSSR count). The molecule has 1 aromatic carbocycles. The molecule has 1 aromatic rings. The summed E-state index contributed by atoms with van der Waals surface area (Å²) in [5, 5.41) is 17.5. The van der Waals surface area contributed by atoms with Crippen molar-refractivity contribution in [1.82, 2.24) is 10.6 Å². The number of carbonyl (C=O) groups is 4. The SMILES string of the molecule is CC(C)C(=O)CC[C@H](NC(=O)c1ccc(NCC2=CN=C3N=C(N)NC(=O)C23)cc1)C(=O)O. The van der Waals surface area contributed by atoms with Crippen LogP contribution in [-0.2, 0) is 14.4 Å². The van der Waals surface area contributed by atoms with Gasteiger partial charge in [-0.3, -0.25) is 19.7 Å². The first-order valence-electron chi connectivity index (χ1n) is 10.5. The maximum Gasteiger partial charge on any atom is 0.326 e. The number of hydrogen-bond donors (Lipinski definition) is 5. The Morgan fingerprint density at radius 2 is 1.91 bits per heavy atom. The molecule has 0 aliphatic carbocycles. The van der Waals surface area contributed by atoms with Crippen molar-refractivity contribution in [2.75, 3.05) is 11.9 Å². The first-order valence-corrected chi connectivity index (χ1v) is 10.5. The minimum atomic E-state index is -1.19. The predicted molar refractivity (Wildman–Crippen MR) is 122 cm³/mol. The number of nitrogens with two attached hydrogens (primary N) is 1. The number of fused-ring (bicyclic) bond motifs is 1. The maximum absolute atomic E-state index is 12.5. The number of amides is 2. The summed E-state index contributed by atoms with van der Waals surface area (Å²) in [4.78, 5) is 56.0.